The van der Waals surface area contributed by atoms with Crippen LogP contribution in [-0.2, 0) is 0 Å². The van der Waals surface area contributed by atoms with E-state index in [4.69, 9.17) is 0 Å². The van der Waals surface area contributed by atoms with Crippen molar-refractivity contribution < 1.29 is 0 Å². The number of aryl methyl sites for hydroxylation is 6. The Kier molecular flexibility index (Phi) is 6.43. The summed E-state index contributed by atoms with van der Waals surface area (Å²) in [5.41, 5.74) is 11.0. The molecule has 3 rings (SSSR count). The lowest BCUT2D eigenvalue weighted by atomic mass is 10.0. The Balaban J connectivity index is 2.38. The summed E-state index contributed by atoms with van der Waals surface area (Å²) in [5.74, 6) is 0. The molecule has 0 aliphatic rings. The molecule has 4 heteroatoms. The molecule has 1 nitrogen and oxygen atoms in total. The maximum atomic E-state index is 3.68. The highest BCUT2D eigenvalue weighted by molar-refractivity contribution is 9.11. The normalized spacial score (nSPS) is 11.0. The second-order valence-electron chi connectivity index (χ2n) is 7.50. The maximum absolute atomic E-state index is 3.68. The Bertz CT molecular complexity index is 933. The number of halogens is 3. The van der Waals surface area contributed by atoms with Crippen LogP contribution in [0.4, 0.5) is 17.1 Å². The molecular formula is C24H24Br3N. The molecule has 0 bridgehead atoms. The number of rotatable bonds is 3. The van der Waals surface area contributed by atoms with E-state index in [1.807, 2.05) is 0 Å². The predicted molar refractivity (Wildman–Crippen MR) is 133 cm³/mol. The number of benzene rings is 3. The van der Waals surface area contributed by atoms with Gasteiger partial charge < -0.3 is 4.90 Å². The Morgan fingerprint density at radius 2 is 0.679 bits per heavy atom. The highest BCUT2D eigenvalue weighted by Gasteiger charge is 2.21. The van der Waals surface area contributed by atoms with Crippen LogP contribution in [0.5, 0.6) is 0 Å². The summed E-state index contributed by atoms with van der Waals surface area (Å²) in [6.07, 6.45) is 0. The van der Waals surface area contributed by atoms with E-state index < -0.39 is 0 Å². The second kappa shape index (κ2) is 8.33. The van der Waals surface area contributed by atoms with Crippen LogP contribution in [0.3, 0.4) is 0 Å². The lowest BCUT2D eigenvalue weighted by Crippen LogP contribution is -2.15. The quantitative estimate of drug-likeness (QED) is 0.306. The summed E-state index contributed by atoms with van der Waals surface area (Å²) in [6.45, 7) is 13.0. The highest BCUT2D eigenvalue weighted by Crippen LogP contribution is 2.43. The van der Waals surface area contributed by atoms with Gasteiger partial charge >= 0.3 is 0 Å². The highest BCUT2D eigenvalue weighted by atomic mass is 79.9. The molecule has 0 saturated heterocycles. The van der Waals surface area contributed by atoms with Gasteiger partial charge in [-0.25, -0.2) is 0 Å². The molecule has 0 amide bonds. The first-order chi connectivity index (χ1) is 13.1. The maximum Gasteiger partial charge on any atom is 0.0494 e. The minimum atomic E-state index is 1.14. The van der Waals surface area contributed by atoms with Crippen LogP contribution < -0.4 is 4.90 Å². The summed E-state index contributed by atoms with van der Waals surface area (Å²) in [7, 11) is 0. The second-order valence-corrected chi connectivity index (χ2v) is 10.1. The van der Waals surface area contributed by atoms with Crippen molar-refractivity contribution in [3.63, 3.8) is 0 Å². The first-order valence-electron chi connectivity index (χ1n) is 9.20. The topological polar surface area (TPSA) is 3.24 Å². The number of hydrogen-bond acceptors (Lipinski definition) is 1. The van der Waals surface area contributed by atoms with Crippen LogP contribution in [0.25, 0.3) is 0 Å². The molecule has 0 N–H and O–H groups in total. The molecule has 0 aromatic heterocycles. The molecule has 0 radical (unpaired) electrons. The Hall–Kier alpha value is -1.10. The standard InChI is InChI=1S/C24H24Br3N/c1-13-10-22(16(4)7-19(13)25)28(23-11-14(2)20(26)8-17(23)5)24-12-15(3)21(27)9-18(24)6/h7-12H,1-6H3. The fourth-order valence-corrected chi connectivity index (χ4v) is 4.78. The number of nitrogens with zero attached hydrogens (tertiary/aromatic N) is 1. The predicted octanol–water partition coefficient (Wildman–Crippen LogP) is 9.29. The molecule has 0 fully saturated rings. The zero-order valence-corrected chi connectivity index (χ0v) is 21.8. The van der Waals surface area contributed by atoms with E-state index in [0.717, 1.165) is 13.4 Å². The van der Waals surface area contributed by atoms with Crippen LogP contribution >= 0.6 is 47.8 Å². The average Bonchev–Trinajstić information content (AvgIpc) is 2.61. The molecule has 146 valence electrons. The van der Waals surface area contributed by atoms with E-state index in [-0.39, 0.29) is 0 Å². The van der Waals surface area contributed by atoms with Gasteiger partial charge in [0.25, 0.3) is 0 Å². The van der Waals surface area contributed by atoms with Gasteiger partial charge in [0.15, 0.2) is 0 Å². The molecular weight excluding hydrogens is 542 g/mol. The van der Waals surface area contributed by atoms with Gasteiger partial charge in [-0.15, -0.1) is 0 Å². The van der Waals surface area contributed by atoms with E-state index in [2.05, 4.69) is 131 Å². The summed E-state index contributed by atoms with van der Waals surface area (Å²) in [5, 5.41) is 0. The summed E-state index contributed by atoms with van der Waals surface area (Å²) in [4.78, 5) is 2.40. The number of hydrogen-bond donors (Lipinski definition) is 0. The van der Waals surface area contributed by atoms with Crippen LogP contribution in [0.1, 0.15) is 33.4 Å². The van der Waals surface area contributed by atoms with E-state index in [9.17, 15) is 0 Å². The molecule has 0 saturated carbocycles. The van der Waals surface area contributed by atoms with Crippen molar-refractivity contribution in [3.05, 3.63) is 83.2 Å². The Labute approximate surface area is 193 Å². The lowest BCUT2D eigenvalue weighted by molar-refractivity contribution is 1.17. The lowest BCUT2D eigenvalue weighted by Gasteiger charge is -2.31. The van der Waals surface area contributed by atoms with Crippen molar-refractivity contribution in [1.29, 1.82) is 0 Å². The van der Waals surface area contributed by atoms with Gasteiger partial charge in [-0.2, -0.15) is 0 Å². The van der Waals surface area contributed by atoms with Gasteiger partial charge in [0.2, 0.25) is 0 Å². The SMILES string of the molecule is Cc1cc(N(c2cc(C)c(Br)cc2C)c2cc(C)c(Br)cc2C)c(C)cc1Br. The molecule has 0 spiro atoms. The van der Waals surface area contributed by atoms with E-state index in [1.54, 1.807) is 0 Å². The van der Waals surface area contributed by atoms with Crippen molar-refractivity contribution in [3.8, 4) is 0 Å². The first-order valence-corrected chi connectivity index (χ1v) is 11.6. The zero-order valence-electron chi connectivity index (χ0n) is 17.0. The van der Waals surface area contributed by atoms with Gasteiger partial charge in [0.05, 0.1) is 0 Å². The summed E-state index contributed by atoms with van der Waals surface area (Å²) >= 11 is 11.0. The van der Waals surface area contributed by atoms with Crippen molar-refractivity contribution in [2.75, 3.05) is 4.90 Å². The third-order valence-corrected chi connectivity index (χ3v) is 7.72. The van der Waals surface area contributed by atoms with Gasteiger partial charge in [-0.1, -0.05) is 47.8 Å². The van der Waals surface area contributed by atoms with Crippen LogP contribution in [-0.4, -0.2) is 0 Å². The third kappa shape index (κ3) is 4.10. The van der Waals surface area contributed by atoms with Crippen LogP contribution in [0.15, 0.2) is 49.8 Å². The van der Waals surface area contributed by atoms with Gasteiger partial charge in [-0.05, 0) is 111 Å². The van der Waals surface area contributed by atoms with E-state index in [0.29, 0.717) is 0 Å². The van der Waals surface area contributed by atoms with Crippen molar-refractivity contribution in [2.24, 2.45) is 0 Å². The molecule has 0 heterocycles. The molecule has 0 aliphatic carbocycles. The van der Waals surface area contributed by atoms with E-state index >= 15 is 0 Å². The Morgan fingerprint density at radius 1 is 0.429 bits per heavy atom. The monoisotopic (exact) mass is 563 g/mol. The zero-order chi connectivity index (χ0) is 20.7. The van der Waals surface area contributed by atoms with Gasteiger partial charge in [-0.3, -0.25) is 0 Å². The fraction of sp³-hybridized carbons (Fsp3) is 0.250. The molecule has 3 aromatic rings. The minimum Gasteiger partial charge on any atom is -0.310 e. The molecule has 0 unspecified atom stereocenters. The average molecular weight is 566 g/mol. The number of anilines is 3. The van der Waals surface area contributed by atoms with E-state index in [1.165, 1.54) is 50.4 Å². The molecule has 0 aliphatic heterocycles. The molecule has 3 aromatic carbocycles. The first kappa shape index (κ1) is 21.6. The summed E-state index contributed by atoms with van der Waals surface area (Å²) < 4.78 is 3.42. The van der Waals surface area contributed by atoms with Gasteiger partial charge in [0.1, 0.15) is 0 Å². The largest absolute Gasteiger partial charge is 0.310 e. The fourth-order valence-electron chi connectivity index (χ4n) is 3.41. The van der Waals surface area contributed by atoms with Crippen LogP contribution in [0, 0.1) is 41.5 Å². The van der Waals surface area contributed by atoms with Crippen molar-refractivity contribution in [2.45, 2.75) is 41.5 Å². The van der Waals surface area contributed by atoms with Crippen molar-refractivity contribution >= 4 is 64.9 Å². The third-order valence-electron chi connectivity index (χ3n) is 5.15. The Morgan fingerprint density at radius 3 is 0.929 bits per heavy atom. The van der Waals surface area contributed by atoms with Crippen LogP contribution in [0.2, 0.25) is 0 Å². The summed E-state index contributed by atoms with van der Waals surface area (Å²) in [6, 6.07) is 13.4. The molecule has 28 heavy (non-hydrogen) atoms. The van der Waals surface area contributed by atoms with Crippen molar-refractivity contribution in [1.82, 2.24) is 0 Å². The van der Waals surface area contributed by atoms with Gasteiger partial charge in [0, 0.05) is 30.5 Å². The minimum absolute atomic E-state index is 1.14. The molecule has 0 atom stereocenters. The smallest absolute Gasteiger partial charge is 0.0494 e.